The Labute approximate surface area is 189 Å². The number of hydrogen-bond donors (Lipinski definition) is 0. The number of amides is 2. The van der Waals surface area contributed by atoms with Gasteiger partial charge in [0.05, 0.1) is 0 Å². The van der Waals surface area contributed by atoms with E-state index in [9.17, 15) is 14.4 Å². The molecule has 0 saturated carbocycles. The molecule has 1 aromatic rings. The number of rotatable bonds is 3. The maximum Gasteiger partial charge on any atom is 0.410 e. The number of aryl methyl sites for hydroxylation is 1. The molecule has 2 saturated heterocycles. The minimum absolute atomic E-state index is 0.0680. The van der Waals surface area contributed by atoms with Crippen molar-refractivity contribution in [3.8, 4) is 0 Å². The SMILES string of the molecule is Cc1cc(Cl)cc(C(=O)C2CCN(C(=O)C3CCN(C(=O)OC(C)(C)C)CC3)CC2)c1. The summed E-state index contributed by atoms with van der Waals surface area (Å²) in [5, 5.41) is 0.577. The molecular weight excluding hydrogens is 416 g/mol. The van der Waals surface area contributed by atoms with Gasteiger partial charge in [-0.1, -0.05) is 11.6 Å². The fourth-order valence-corrected chi connectivity index (χ4v) is 4.66. The Morgan fingerprint density at radius 2 is 1.45 bits per heavy atom. The number of halogens is 1. The van der Waals surface area contributed by atoms with E-state index in [2.05, 4.69) is 0 Å². The van der Waals surface area contributed by atoms with Gasteiger partial charge in [0.1, 0.15) is 5.60 Å². The minimum Gasteiger partial charge on any atom is -0.444 e. The zero-order chi connectivity index (χ0) is 22.8. The summed E-state index contributed by atoms with van der Waals surface area (Å²) in [6.45, 7) is 9.75. The van der Waals surface area contributed by atoms with Crippen LogP contribution in [0, 0.1) is 18.8 Å². The molecule has 1 aromatic carbocycles. The van der Waals surface area contributed by atoms with Crippen LogP contribution in [0.25, 0.3) is 0 Å². The Bertz CT molecular complexity index is 812. The van der Waals surface area contributed by atoms with Crippen molar-refractivity contribution >= 4 is 29.4 Å². The Morgan fingerprint density at radius 3 is 2.00 bits per heavy atom. The standard InChI is InChI=1S/C24H33ClN2O4/c1-16-13-19(15-20(25)14-16)21(28)17-5-9-26(10-6-17)22(29)18-7-11-27(12-8-18)23(30)31-24(2,3)4/h13-15,17-18H,5-12H2,1-4H3. The van der Waals surface area contributed by atoms with Gasteiger partial charge in [-0.05, 0) is 77.1 Å². The third-order valence-corrected chi connectivity index (χ3v) is 6.22. The van der Waals surface area contributed by atoms with E-state index in [4.69, 9.17) is 16.3 Å². The smallest absolute Gasteiger partial charge is 0.410 e. The second kappa shape index (κ2) is 9.60. The highest BCUT2D eigenvalue weighted by Gasteiger charge is 2.34. The molecule has 0 radical (unpaired) electrons. The summed E-state index contributed by atoms with van der Waals surface area (Å²) in [4.78, 5) is 41.6. The van der Waals surface area contributed by atoms with E-state index in [0.717, 1.165) is 5.56 Å². The first-order chi connectivity index (χ1) is 14.5. The van der Waals surface area contributed by atoms with E-state index < -0.39 is 5.60 Å². The second-order valence-corrected chi connectivity index (χ2v) is 10.2. The number of hydrogen-bond acceptors (Lipinski definition) is 4. The van der Waals surface area contributed by atoms with E-state index in [1.54, 1.807) is 11.0 Å². The lowest BCUT2D eigenvalue weighted by Gasteiger charge is -2.37. The first-order valence-corrected chi connectivity index (χ1v) is 11.5. The van der Waals surface area contributed by atoms with E-state index in [1.165, 1.54) is 0 Å². The van der Waals surface area contributed by atoms with Crippen LogP contribution in [-0.2, 0) is 9.53 Å². The normalized spacial score (nSPS) is 18.7. The van der Waals surface area contributed by atoms with Gasteiger partial charge >= 0.3 is 6.09 Å². The molecule has 2 fully saturated rings. The number of carbonyl (C=O) groups excluding carboxylic acids is 3. The number of ketones is 1. The predicted molar refractivity (Wildman–Crippen MR) is 120 cm³/mol. The molecule has 2 aliphatic heterocycles. The summed E-state index contributed by atoms with van der Waals surface area (Å²) in [5.74, 6) is 0.120. The Kier molecular flexibility index (Phi) is 7.30. The highest BCUT2D eigenvalue weighted by Crippen LogP contribution is 2.27. The van der Waals surface area contributed by atoms with E-state index in [0.29, 0.717) is 62.4 Å². The zero-order valence-corrected chi connectivity index (χ0v) is 19.7. The van der Waals surface area contributed by atoms with Crippen LogP contribution < -0.4 is 0 Å². The van der Waals surface area contributed by atoms with Crippen molar-refractivity contribution < 1.29 is 19.1 Å². The van der Waals surface area contributed by atoms with Gasteiger partial charge in [-0.3, -0.25) is 9.59 Å². The van der Waals surface area contributed by atoms with Gasteiger partial charge in [-0.15, -0.1) is 0 Å². The average molecular weight is 449 g/mol. The first-order valence-electron chi connectivity index (χ1n) is 11.1. The molecule has 0 bridgehead atoms. The van der Waals surface area contributed by atoms with Crippen LogP contribution in [0.3, 0.4) is 0 Å². The molecule has 0 aliphatic carbocycles. The van der Waals surface area contributed by atoms with Gasteiger partial charge < -0.3 is 14.5 Å². The number of Topliss-reactive ketones (excluding diaryl/α,β-unsaturated/α-hetero) is 1. The Morgan fingerprint density at radius 1 is 0.903 bits per heavy atom. The lowest BCUT2D eigenvalue weighted by molar-refractivity contribution is -0.138. The van der Waals surface area contributed by atoms with Crippen molar-refractivity contribution in [3.05, 3.63) is 34.3 Å². The molecule has 170 valence electrons. The number of ether oxygens (including phenoxy) is 1. The molecule has 6 nitrogen and oxygen atoms in total. The van der Waals surface area contributed by atoms with Crippen LogP contribution in [0.15, 0.2) is 18.2 Å². The number of nitrogens with zero attached hydrogens (tertiary/aromatic N) is 2. The third kappa shape index (κ3) is 6.22. The summed E-state index contributed by atoms with van der Waals surface area (Å²) in [6, 6.07) is 5.45. The Hall–Kier alpha value is -2.08. The largest absolute Gasteiger partial charge is 0.444 e. The van der Waals surface area contributed by atoms with E-state index in [1.807, 2.05) is 44.7 Å². The number of likely N-dealkylation sites (tertiary alicyclic amines) is 2. The topological polar surface area (TPSA) is 66.9 Å². The quantitative estimate of drug-likeness (QED) is 0.627. The van der Waals surface area contributed by atoms with Crippen molar-refractivity contribution in [1.29, 1.82) is 0 Å². The van der Waals surface area contributed by atoms with Crippen LogP contribution in [0.2, 0.25) is 5.02 Å². The molecule has 0 aromatic heterocycles. The average Bonchev–Trinajstić information content (AvgIpc) is 2.71. The number of piperidine rings is 2. The van der Waals surface area contributed by atoms with Crippen LogP contribution >= 0.6 is 11.6 Å². The van der Waals surface area contributed by atoms with Crippen molar-refractivity contribution in [2.24, 2.45) is 11.8 Å². The van der Waals surface area contributed by atoms with Gasteiger partial charge in [-0.2, -0.15) is 0 Å². The summed E-state index contributed by atoms with van der Waals surface area (Å²) < 4.78 is 5.43. The molecule has 0 N–H and O–H groups in total. The molecule has 0 atom stereocenters. The lowest BCUT2D eigenvalue weighted by Crippen LogP contribution is -2.47. The molecular formula is C24H33ClN2O4. The van der Waals surface area contributed by atoms with Crippen LogP contribution in [0.5, 0.6) is 0 Å². The number of benzene rings is 1. The highest BCUT2D eigenvalue weighted by molar-refractivity contribution is 6.31. The fraction of sp³-hybridized carbons (Fsp3) is 0.625. The molecule has 31 heavy (non-hydrogen) atoms. The molecule has 7 heteroatoms. The predicted octanol–water partition coefficient (Wildman–Crippen LogP) is 4.72. The van der Waals surface area contributed by atoms with E-state index in [-0.39, 0.29) is 29.6 Å². The highest BCUT2D eigenvalue weighted by atomic mass is 35.5. The summed E-state index contributed by atoms with van der Waals surface area (Å²) in [5.41, 5.74) is 1.11. The van der Waals surface area contributed by atoms with E-state index >= 15 is 0 Å². The van der Waals surface area contributed by atoms with Crippen LogP contribution in [-0.4, -0.2) is 59.4 Å². The van der Waals surface area contributed by atoms with Crippen molar-refractivity contribution in [3.63, 3.8) is 0 Å². The summed E-state index contributed by atoms with van der Waals surface area (Å²) >= 11 is 6.11. The molecule has 2 aliphatic rings. The maximum absolute atomic E-state index is 13.0. The zero-order valence-electron chi connectivity index (χ0n) is 18.9. The monoisotopic (exact) mass is 448 g/mol. The maximum atomic E-state index is 13.0. The van der Waals surface area contributed by atoms with Gasteiger partial charge in [0.2, 0.25) is 5.91 Å². The Balaban J connectivity index is 1.48. The minimum atomic E-state index is -0.519. The van der Waals surface area contributed by atoms with Gasteiger partial charge in [0, 0.05) is 48.6 Å². The molecule has 3 rings (SSSR count). The van der Waals surface area contributed by atoms with Crippen molar-refractivity contribution in [2.75, 3.05) is 26.2 Å². The number of carbonyl (C=O) groups is 3. The second-order valence-electron chi connectivity index (χ2n) is 9.72. The van der Waals surface area contributed by atoms with Crippen LogP contribution in [0.4, 0.5) is 4.79 Å². The first kappa shape index (κ1) is 23.6. The molecule has 2 amide bonds. The van der Waals surface area contributed by atoms with Crippen LogP contribution in [0.1, 0.15) is 62.4 Å². The fourth-order valence-electron chi connectivity index (χ4n) is 4.37. The van der Waals surface area contributed by atoms with Crippen molar-refractivity contribution in [2.45, 2.75) is 59.0 Å². The molecule has 2 heterocycles. The third-order valence-electron chi connectivity index (χ3n) is 6.00. The van der Waals surface area contributed by atoms with Crippen molar-refractivity contribution in [1.82, 2.24) is 9.80 Å². The summed E-state index contributed by atoms with van der Waals surface area (Å²) in [7, 11) is 0. The summed E-state index contributed by atoms with van der Waals surface area (Å²) in [6.07, 6.45) is 2.34. The molecule has 0 spiro atoms. The van der Waals surface area contributed by atoms with Gasteiger partial charge in [0.25, 0.3) is 0 Å². The van der Waals surface area contributed by atoms with Gasteiger partial charge in [0.15, 0.2) is 5.78 Å². The molecule has 0 unspecified atom stereocenters. The lowest BCUT2D eigenvalue weighted by atomic mass is 9.87. The van der Waals surface area contributed by atoms with Gasteiger partial charge in [-0.25, -0.2) is 4.79 Å².